The molecule has 1 saturated heterocycles. The van der Waals surface area contributed by atoms with Crippen LogP contribution in [0.4, 0.5) is 5.69 Å². The van der Waals surface area contributed by atoms with Gasteiger partial charge in [-0.05, 0) is 38.9 Å². The Morgan fingerprint density at radius 1 is 1.56 bits per heavy atom. The Bertz CT molecular complexity index is 422. The smallest absolute Gasteiger partial charge is 0.253 e. The first-order valence-electron chi connectivity index (χ1n) is 6.25. The van der Waals surface area contributed by atoms with E-state index in [0.717, 1.165) is 24.2 Å². The lowest BCUT2D eigenvalue weighted by Crippen LogP contribution is -2.27. The molecule has 0 aromatic carbocycles. The molecule has 1 aliphatic rings. The largest absolute Gasteiger partial charge is 0.365 e. The highest BCUT2D eigenvalue weighted by Gasteiger charge is 2.28. The van der Waals surface area contributed by atoms with Gasteiger partial charge in [-0.15, -0.1) is 0 Å². The summed E-state index contributed by atoms with van der Waals surface area (Å²) in [6.45, 7) is 2.67. The van der Waals surface area contributed by atoms with Gasteiger partial charge in [0.15, 0.2) is 0 Å². The van der Waals surface area contributed by atoms with Gasteiger partial charge in [0.1, 0.15) is 6.10 Å². The molecule has 5 nitrogen and oxygen atoms in total. The summed E-state index contributed by atoms with van der Waals surface area (Å²) in [4.78, 5) is 16.2. The number of carbonyl (C=O) groups is 1. The summed E-state index contributed by atoms with van der Waals surface area (Å²) in [7, 11) is 1.86. The normalized spacial score (nSPS) is 23.0. The van der Waals surface area contributed by atoms with E-state index in [1.165, 1.54) is 0 Å². The molecule has 2 unspecified atom stereocenters. The lowest BCUT2D eigenvalue weighted by Gasteiger charge is -2.12. The highest BCUT2D eigenvalue weighted by atomic mass is 16.5. The van der Waals surface area contributed by atoms with E-state index >= 15 is 0 Å². The number of anilines is 1. The van der Waals surface area contributed by atoms with Gasteiger partial charge in [-0.25, -0.2) is 0 Å². The molecule has 1 aromatic rings. The van der Waals surface area contributed by atoms with E-state index in [-0.39, 0.29) is 18.1 Å². The summed E-state index contributed by atoms with van der Waals surface area (Å²) in [6, 6.07) is 3.65. The fourth-order valence-electron chi connectivity index (χ4n) is 2.05. The second kappa shape index (κ2) is 5.93. The number of rotatable bonds is 4. The van der Waals surface area contributed by atoms with Crippen molar-refractivity contribution in [1.29, 1.82) is 0 Å². The van der Waals surface area contributed by atoms with Crippen molar-refractivity contribution in [3.63, 3.8) is 0 Å². The molecule has 18 heavy (non-hydrogen) atoms. The van der Waals surface area contributed by atoms with Crippen LogP contribution in [0.5, 0.6) is 0 Å². The van der Waals surface area contributed by atoms with Gasteiger partial charge < -0.3 is 15.4 Å². The summed E-state index contributed by atoms with van der Waals surface area (Å²) in [6.07, 6.45) is 3.29. The summed E-state index contributed by atoms with van der Waals surface area (Å²) in [5.41, 5.74) is 1.67. The Labute approximate surface area is 107 Å². The van der Waals surface area contributed by atoms with Crippen LogP contribution in [0.15, 0.2) is 18.3 Å². The highest BCUT2D eigenvalue weighted by molar-refractivity contribution is 5.94. The van der Waals surface area contributed by atoms with E-state index in [1.807, 2.05) is 20.0 Å². The maximum Gasteiger partial charge on any atom is 0.253 e. The van der Waals surface area contributed by atoms with Crippen molar-refractivity contribution >= 4 is 11.6 Å². The van der Waals surface area contributed by atoms with Crippen molar-refractivity contribution in [3.8, 4) is 0 Å². The fraction of sp³-hybridized carbons (Fsp3) is 0.538. The van der Waals surface area contributed by atoms with E-state index in [1.54, 1.807) is 12.3 Å². The first-order chi connectivity index (χ1) is 8.69. The van der Waals surface area contributed by atoms with Crippen LogP contribution in [0, 0.1) is 0 Å². The number of aromatic nitrogens is 1. The van der Waals surface area contributed by atoms with Crippen LogP contribution in [0.2, 0.25) is 0 Å². The first kappa shape index (κ1) is 13.0. The van der Waals surface area contributed by atoms with E-state index in [9.17, 15) is 4.79 Å². The standard InChI is InChI=1S/C13H19N3O2/c1-9-3-4-12(18-9)13(17)16-10-5-6-15-11(7-10)8-14-2/h5-7,9,12,14H,3-4,8H2,1-2H3,(H,15,16,17). The van der Waals surface area contributed by atoms with Crippen LogP contribution >= 0.6 is 0 Å². The molecule has 0 radical (unpaired) electrons. The quantitative estimate of drug-likeness (QED) is 0.844. The second-order valence-corrected chi connectivity index (χ2v) is 4.57. The minimum absolute atomic E-state index is 0.0686. The van der Waals surface area contributed by atoms with Crippen LogP contribution < -0.4 is 10.6 Å². The fourth-order valence-corrected chi connectivity index (χ4v) is 2.05. The van der Waals surface area contributed by atoms with E-state index < -0.39 is 0 Å². The Morgan fingerprint density at radius 2 is 2.39 bits per heavy atom. The summed E-state index contributed by atoms with van der Waals surface area (Å²) in [5, 5.41) is 5.90. The molecule has 0 spiro atoms. The Kier molecular flexibility index (Phi) is 4.28. The van der Waals surface area contributed by atoms with Crippen molar-refractivity contribution < 1.29 is 9.53 Å². The highest BCUT2D eigenvalue weighted by Crippen LogP contribution is 2.20. The Balaban J connectivity index is 1.96. The number of nitrogens with one attached hydrogen (secondary N) is 2. The number of hydrogen-bond acceptors (Lipinski definition) is 4. The number of amides is 1. The third kappa shape index (κ3) is 3.27. The van der Waals surface area contributed by atoms with Crippen LogP contribution in [-0.2, 0) is 16.1 Å². The third-order valence-corrected chi connectivity index (χ3v) is 2.97. The molecule has 2 N–H and O–H groups in total. The topological polar surface area (TPSA) is 63.2 Å². The molecule has 5 heteroatoms. The van der Waals surface area contributed by atoms with Gasteiger partial charge in [0, 0.05) is 18.4 Å². The third-order valence-electron chi connectivity index (χ3n) is 2.97. The van der Waals surface area contributed by atoms with Crippen LogP contribution in [0.25, 0.3) is 0 Å². The average molecular weight is 249 g/mol. The van der Waals surface area contributed by atoms with Gasteiger partial charge in [0.2, 0.25) is 0 Å². The average Bonchev–Trinajstić information content (AvgIpc) is 2.77. The molecular formula is C13H19N3O2. The summed E-state index contributed by atoms with van der Waals surface area (Å²) >= 11 is 0. The zero-order chi connectivity index (χ0) is 13.0. The number of pyridine rings is 1. The maximum atomic E-state index is 12.0. The van der Waals surface area contributed by atoms with Crippen LogP contribution in [-0.4, -0.2) is 30.1 Å². The van der Waals surface area contributed by atoms with Gasteiger partial charge in [-0.3, -0.25) is 9.78 Å². The SMILES string of the molecule is CNCc1cc(NC(=O)C2CCC(C)O2)ccn1. The molecule has 2 atom stereocenters. The number of hydrogen-bond donors (Lipinski definition) is 2. The zero-order valence-corrected chi connectivity index (χ0v) is 10.8. The molecule has 2 heterocycles. The van der Waals surface area contributed by atoms with E-state index in [2.05, 4.69) is 15.6 Å². The molecule has 1 aliphatic heterocycles. The van der Waals surface area contributed by atoms with Crippen LogP contribution in [0.3, 0.4) is 0 Å². The van der Waals surface area contributed by atoms with Gasteiger partial charge in [-0.2, -0.15) is 0 Å². The predicted molar refractivity (Wildman–Crippen MR) is 69.2 cm³/mol. The zero-order valence-electron chi connectivity index (χ0n) is 10.8. The van der Waals surface area contributed by atoms with E-state index in [0.29, 0.717) is 6.54 Å². The molecule has 0 bridgehead atoms. The predicted octanol–water partition coefficient (Wildman–Crippen LogP) is 1.31. The summed E-state index contributed by atoms with van der Waals surface area (Å²) in [5.74, 6) is -0.0686. The maximum absolute atomic E-state index is 12.0. The van der Waals surface area contributed by atoms with Gasteiger partial charge in [0.25, 0.3) is 5.91 Å². The lowest BCUT2D eigenvalue weighted by atomic mass is 10.2. The molecule has 0 aliphatic carbocycles. The van der Waals surface area contributed by atoms with E-state index in [4.69, 9.17) is 4.74 Å². The number of carbonyl (C=O) groups excluding carboxylic acids is 1. The van der Waals surface area contributed by atoms with Crippen molar-refractivity contribution in [2.45, 2.75) is 38.5 Å². The van der Waals surface area contributed by atoms with Crippen molar-refractivity contribution in [1.82, 2.24) is 10.3 Å². The van der Waals surface area contributed by atoms with Crippen LogP contribution in [0.1, 0.15) is 25.5 Å². The molecule has 2 rings (SSSR count). The number of nitrogens with zero attached hydrogens (tertiary/aromatic N) is 1. The molecular weight excluding hydrogens is 230 g/mol. The van der Waals surface area contributed by atoms with Crippen molar-refractivity contribution in [2.75, 3.05) is 12.4 Å². The molecule has 1 aromatic heterocycles. The Morgan fingerprint density at radius 3 is 3.06 bits per heavy atom. The Hall–Kier alpha value is -1.46. The molecule has 98 valence electrons. The van der Waals surface area contributed by atoms with Gasteiger partial charge in [-0.1, -0.05) is 0 Å². The minimum atomic E-state index is -0.319. The molecule has 0 saturated carbocycles. The first-order valence-corrected chi connectivity index (χ1v) is 6.25. The number of ether oxygens (including phenoxy) is 1. The molecule has 1 fully saturated rings. The van der Waals surface area contributed by atoms with Crippen molar-refractivity contribution in [2.24, 2.45) is 0 Å². The van der Waals surface area contributed by atoms with Gasteiger partial charge in [0.05, 0.1) is 11.8 Å². The minimum Gasteiger partial charge on any atom is -0.365 e. The van der Waals surface area contributed by atoms with Gasteiger partial charge >= 0.3 is 0 Å². The van der Waals surface area contributed by atoms with Crippen molar-refractivity contribution in [3.05, 3.63) is 24.0 Å². The lowest BCUT2D eigenvalue weighted by molar-refractivity contribution is -0.126. The summed E-state index contributed by atoms with van der Waals surface area (Å²) < 4.78 is 5.53. The molecule has 1 amide bonds. The second-order valence-electron chi connectivity index (χ2n) is 4.57. The monoisotopic (exact) mass is 249 g/mol.